The zero-order valence-corrected chi connectivity index (χ0v) is 22.3. The van der Waals surface area contributed by atoms with E-state index in [1.165, 1.54) is 34.4 Å². The van der Waals surface area contributed by atoms with Gasteiger partial charge in [0, 0.05) is 11.0 Å². The Kier molecular flexibility index (Phi) is 14.9. The molecule has 10 heteroatoms. The van der Waals surface area contributed by atoms with Crippen molar-refractivity contribution < 1.29 is 18.0 Å². The van der Waals surface area contributed by atoms with Crippen molar-refractivity contribution in [3.05, 3.63) is 0 Å². The second-order valence-corrected chi connectivity index (χ2v) is 14.3. The topological polar surface area (TPSA) is 52.6 Å². The van der Waals surface area contributed by atoms with Crippen LogP contribution >= 0.6 is 67.3 Å². The molecule has 4 unspecified atom stereocenters. The van der Waals surface area contributed by atoms with Gasteiger partial charge >= 0.3 is 0 Å². The molecule has 0 aromatic heterocycles. The van der Waals surface area contributed by atoms with Crippen LogP contribution in [0.15, 0.2) is 0 Å². The minimum atomic E-state index is 0.00706. The molecule has 0 aromatic rings. The van der Waals surface area contributed by atoms with Gasteiger partial charge in [0.05, 0.1) is 36.3 Å². The van der Waals surface area contributed by atoms with E-state index in [9.17, 15) is 9.59 Å². The van der Waals surface area contributed by atoms with Crippen molar-refractivity contribution >= 4 is 76.2 Å². The van der Waals surface area contributed by atoms with Crippen LogP contribution in [-0.4, -0.2) is 32.1 Å². The van der Waals surface area contributed by atoms with Crippen molar-refractivity contribution in [2.75, 3.05) is 5.75 Å². The maximum absolute atomic E-state index is 11.9. The Bertz CT molecular complexity index is 477. The van der Waals surface area contributed by atoms with Crippen LogP contribution in [0.2, 0.25) is 0 Å². The Morgan fingerprint density at radius 1 is 0.929 bits per heavy atom. The number of hydrogen-bond donors (Lipinski definition) is 0. The molecule has 0 N–H and O–H groups in total. The van der Waals surface area contributed by atoms with Crippen LogP contribution in [0.4, 0.5) is 9.59 Å². The minimum absolute atomic E-state index is 0.00706. The molecule has 0 spiro atoms. The van der Waals surface area contributed by atoms with Crippen molar-refractivity contribution in [3.8, 4) is 0 Å². The van der Waals surface area contributed by atoms with Crippen LogP contribution in [0.5, 0.6) is 0 Å². The molecule has 1 aliphatic rings. The summed E-state index contributed by atoms with van der Waals surface area (Å²) in [4.78, 5) is 23.7. The molecule has 1 aliphatic carbocycles. The van der Waals surface area contributed by atoms with Crippen molar-refractivity contribution in [3.63, 3.8) is 0 Å². The van der Waals surface area contributed by atoms with E-state index in [0.29, 0.717) is 23.0 Å². The number of carbonyl (C=O) groups excluding carboxylic acids is 2. The number of carbonyl (C=O) groups is 2. The Balaban J connectivity index is 2.31. The molecule has 0 heterocycles. The normalized spacial score (nSPS) is 23.9. The van der Waals surface area contributed by atoms with Gasteiger partial charge in [-0.2, -0.15) is 0 Å². The predicted octanol–water partition coefficient (Wildman–Crippen LogP) is 8.58. The Morgan fingerprint density at radius 2 is 1.50 bits per heavy atom. The van der Waals surface area contributed by atoms with E-state index in [-0.39, 0.29) is 21.1 Å². The zero-order chi connectivity index (χ0) is 21.1. The molecule has 0 amide bonds. The first kappa shape index (κ1) is 27.4. The average molecular weight is 505 g/mol. The third-order valence-corrected chi connectivity index (χ3v) is 11.8. The summed E-state index contributed by atoms with van der Waals surface area (Å²) in [6.07, 6.45) is 3.67. The van der Waals surface area contributed by atoms with Gasteiger partial charge in [-0.05, 0) is 86.3 Å². The monoisotopic (exact) mass is 504 g/mol. The SMILES string of the molecule is CC(C)OSC(=O)SSCC(C)C1CCC(C)C(SSC(=O)SOC(C)C)C1. The van der Waals surface area contributed by atoms with Gasteiger partial charge in [0.25, 0.3) is 8.89 Å². The highest BCUT2D eigenvalue weighted by Crippen LogP contribution is 2.46. The van der Waals surface area contributed by atoms with Crippen LogP contribution in [0.1, 0.15) is 60.8 Å². The largest absolute Gasteiger partial charge is 0.305 e. The molecule has 28 heavy (non-hydrogen) atoms. The maximum Gasteiger partial charge on any atom is 0.283 e. The Hall–Kier alpha value is 1.36. The molecular weight excluding hydrogens is 473 g/mol. The lowest BCUT2D eigenvalue weighted by Gasteiger charge is -2.36. The predicted molar refractivity (Wildman–Crippen MR) is 133 cm³/mol. The summed E-state index contributed by atoms with van der Waals surface area (Å²) in [7, 11) is 5.93. The van der Waals surface area contributed by atoms with Crippen molar-refractivity contribution in [2.45, 2.75) is 78.3 Å². The van der Waals surface area contributed by atoms with E-state index in [1.54, 1.807) is 21.6 Å². The molecular formula is C18H32O4S6. The first-order valence-electron chi connectivity index (χ1n) is 9.56. The average Bonchev–Trinajstić information content (AvgIpc) is 2.63. The highest BCUT2D eigenvalue weighted by atomic mass is 33.1. The van der Waals surface area contributed by atoms with Gasteiger partial charge in [0.2, 0.25) is 0 Å². The van der Waals surface area contributed by atoms with E-state index >= 15 is 0 Å². The van der Waals surface area contributed by atoms with Crippen LogP contribution < -0.4 is 0 Å². The minimum Gasteiger partial charge on any atom is -0.305 e. The summed E-state index contributed by atoms with van der Waals surface area (Å²) in [5.41, 5.74) is 0. The molecule has 1 rings (SSSR count). The van der Waals surface area contributed by atoms with Crippen molar-refractivity contribution in [2.24, 2.45) is 17.8 Å². The molecule has 0 radical (unpaired) electrons. The zero-order valence-electron chi connectivity index (χ0n) is 17.4. The third kappa shape index (κ3) is 12.3. The van der Waals surface area contributed by atoms with Gasteiger partial charge in [-0.25, -0.2) is 0 Å². The lowest BCUT2D eigenvalue weighted by molar-refractivity contribution is 0.245. The first-order chi connectivity index (χ1) is 13.2. The van der Waals surface area contributed by atoms with Gasteiger partial charge in [-0.1, -0.05) is 35.4 Å². The lowest BCUT2D eigenvalue weighted by atomic mass is 9.77. The summed E-state index contributed by atoms with van der Waals surface area (Å²) in [6.45, 7) is 12.3. The molecule has 0 aromatic carbocycles. The second-order valence-electron chi connectivity index (χ2n) is 7.57. The van der Waals surface area contributed by atoms with Crippen LogP contribution in [0.25, 0.3) is 0 Å². The van der Waals surface area contributed by atoms with E-state index in [4.69, 9.17) is 8.37 Å². The fourth-order valence-corrected chi connectivity index (χ4v) is 9.03. The fourth-order valence-electron chi connectivity index (χ4n) is 2.69. The van der Waals surface area contributed by atoms with Gasteiger partial charge in [-0.3, -0.25) is 9.59 Å². The summed E-state index contributed by atoms with van der Waals surface area (Å²) in [5, 5.41) is 0.490. The lowest BCUT2D eigenvalue weighted by Crippen LogP contribution is -2.29. The summed E-state index contributed by atoms with van der Waals surface area (Å²) >= 11 is 1.89. The molecule has 0 saturated heterocycles. The Morgan fingerprint density at radius 3 is 2.07 bits per heavy atom. The van der Waals surface area contributed by atoms with E-state index < -0.39 is 0 Å². The van der Waals surface area contributed by atoms with Crippen molar-refractivity contribution in [1.29, 1.82) is 0 Å². The summed E-state index contributed by atoms with van der Waals surface area (Å²) < 4.78 is 10.6. The molecule has 4 atom stereocenters. The summed E-state index contributed by atoms with van der Waals surface area (Å²) in [6, 6.07) is 0. The third-order valence-electron chi connectivity index (χ3n) is 4.28. The highest BCUT2D eigenvalue weighted by molar-refractivity contribution is 8.86. The molecule has 4 nitrogen and oxygen atoms in total. The quantitative estimate of drug-likeness (QED) is 0.213. The first-order valence-corrected chi connectivity index (χ1v) is 15.6. The molecule has 0 bridgehead atoms. The fraction of sp³-hybridized carbons (Fsp3) is 0.889. The number of rotatable bonds is 10. The van der Waals surface area contributed by atoms with E-state index in [2.05, 4.69) is 13.8 Å². The molecule has 1 fully saturated rings. The maximum atomic E-state index is 11.9. The van der Waals surface area contributed by atoms with Gasteiger partial charge in [0.1, 0.15) is 0 Å². The van der Waals surface area contributed by atoms with Crippen LogP contribution in [-0.2, 0) is 8.37 Å². The highest BCUT2D eigenvalue weighted by Gasteiger charge is 2.32. The number of hydrogen-bond acceptors (Lipinski definition) is 10. The van der Waals surface area contributed by atoms with Crippen LogP contribution in [0, 0.1) is 17.8 Å². The molecule has 1 saturated carbocycles. The van der Waals surface area contributed by atoms with Gasteiger partial charge < -0.3 is 8.37 Å². The smallest absolute Gasteiger partial charge is 0.283 e. The van der Waals surface area contributed by atoms with Crippen molar-refractivity contribution in [1.82, 2.24) is 0 Å². The molecule has 164 valence electrons. The van der Waals surface area contributed by atoms with E-state index in [0.717, 1.165) is 36.3 Å². The summed E-state index contributed by atoms with van der Waals surface area (Å²) in [5.74, 6) is 2.78. The second kappa shape index (κ2) is 15.2. The van der Waals surface area contributed by atoms with E-state index in [1.807, 2.05) is 27.7 Å². The standard InChI is InChI=1S/C18H32O4S6/c1-11(2)21-24-17(19)27-23-10-14(6)15-8-7-13(5)16(9-15)26-28-18(20)25-22-12(3)4/h11-16H,7-10H2,1-6H3. The van der Waals surface area contributed by atoms with Crippen LogP contribution in [0.3, 0.4) is 0 Å². The molecule has 0 aliphatic heterocycles. The Labute approximate surface area is 194 Å². The van der Waals surface area contributed by atoms with Gasteiger partial charge in [0.15, 0.2) is 0 Å². The van der Waals surface area contributed by atoms with Gasteiger partial charge in [-0.15, -0.1) is 0 Å².